The van der Waals surface area contributed by atoms with Crippen LogP contribution in [-0.2, 0) is 6.15 Å². The maximum absolute atomic E-state index is 10.0. The van der Waals surface area contributed by atoms with E-state index in [0.29, 0.717) is 0 Å². The van der Waals surface area contributed by atoms with E-state index >= 15 is 0 Å². The first kappa shape index (κ1) is 8.52. The van der Waals surface area contributed by atoms with Gasteiger partial charge in [-0.05, 0) is 0 Å². The van der Waals surface area contributed by atoms with Crippen molar-refractivity contribution < 1.29 is 9.59 Å². The molecule has 0 heterocycles. The summed E-state index contributed by atoms with van der Waals surface area (Å²) in [5.41, 5.74) is 0. The van der Waals surface area contributed by atoms with Crippen molar-refractivity contribution in [3.63, 3.8) is 0 Å². The molecule has 0 spiro atoms. The molecule has 1 N–H and O–H groups in total. The molecule has 0 aliphatic rings. The van der Waals surface area contributed by atoms with Crippen LogP contribution in [0, 0.1) is 0 Å². The van der Waals surface area contributed by atoms with Gasteiger partial charge < -0.3 is 0 Å². The Morgan fingerprint density at radius 2 is 2.38 bits per heavy atom. The number of hydrogen-bond acceptors (Lipinski definition) is 2. The van der Waals surface area contributed by atoms with E-state index in [-0.39, 0.29) is 6.10 Å². The fraction of sp³-hybridized carbons (Fsp3) is 1.00. The SMILES string of the molecule is CCC(C)[O][Sn](=[O])[OH]. The van der Waals surface area contributed by atoms with E-state index in [9.17, 15) is 3.08 Å². The van der Waals surface area contributed by atoms with Gasteiger partial charge in [0.2, 0.25) is 0 Å². The topological polar surface area (TPSA) is 46.5 Å². The minimum atomic E-state index is -3.46. The predicted molar refractivity (Wildman–Crippen MR) is 29.5 cm³/mol. The van der Waals surface area contributed by atoms with Gasteiger partial charge in [0.15, 0.2) is 0 Å². The molecule has 0 amide bonds. The van der Waals surface area contributed by atoms with Crippen molar-refractivity contribution in [2.45, 2.75) is 26.4 Å². The Kier molecular flexibility index (Phi) is 4.69. The van der Waals surface area contributed by atoms with Crippen LogP contribution in [-0.4, -0.2) is 30.1 Å². The summed E-state index contributed by atoms with van der Waals surface area (Å²) in [6, 6.07) is 0. The summed E-state index contributed by atoms with van der Waals surface area (Å²) in [4.78, 5) is 0. The number of hydrogen-bond donors (Lipinski definition) is 1. The Bertz CT molecular complexity index is 83.4. The van der Waals surface area contributed by atoms with Crippen molar-refractivity contribution in [1.82, 2.24) is 0 Å². The molecule has 48 valence electrons. The van der Waals surface area contributed by atoms with Crippen LogP contribution in [0.4, 0.5) is 0 Å². The first-order chi connectivity index (χ1) is 3.66. The second kappa shape index (κ2) is 4.40. The van der Waals surface area contributed by atoms with Gasteiger partial charge in [-0.3, -0.25) is 0 Å². The fourth-order valence-corrected chi connectivity index (χ4v) is 1.71. The quantitative estimate of drug-likeness (QED) is 0.698. The summed E-state index contributed by atoms with van der Waals surface area (Å²) in [7, 11) is 0. The third-order valence-corrected chi connectivity index (χ3v) is 2.60. The second-order valence-corrected chi connectivity index (χ2v) is 3.79. The van der Waals surface area contributed by atoms with Crippen LogP contribution in [0.25, 0.3) is 0 Å². The first-order valence-electron chi connectivity index (χ1n) is 2.56. The molecule has 0 fully saturated rings. The van der Waals surface area contributed by atoms with Gasteiger partial charge in [0.25, 0.3) is 0 Å². The van der Waals surface area contributed by atoms with Crippen molar-refractivity contribution in [2.75, 3.05) is 0 Å². The zero-order valence-corrected chi connectivity index (χ0v) is 7.90. The molecular weight excluding hydrogens is 215 g/mol. The van der Waals surface area contributed by atoms with E-state index in [1.54, 1.807) is 6.92 Å². The van der Waals surface area contributed by atoms with Crippen LogP contribution in [0.1, 0.15) is 20.3 Å². The molecule has 4 heteroatoms. The molecule has 1 unspecified atom stereocenters. The van der Waals surface area contributed by atoms with Gasteiger partial charge in [0, 0.05) is 0 Å². The molecule has 0 saturated heterocycles. The molecule has 0 aromatic carbocycles. The third-order valence-electron chi connectivity index (χ3n) is 0.877. The zero-order valence-electron chi connectivity index (χ0n) is 5.05. The Hall–Kier alpha value is 0.519. The molecule has 8 heavy (non-hydrogen) atoms. The standard InChI is InChI=1S/C4H9O.H2O.O.Sn/c1-3-4(2)5;;;/h4H,3H2,1-2H3;1H2;;/q-1;;;+2/p-1. The van der Waals surface area contributed by atoms with E-state index < -0.39 is 20.6 Å². The maximum atomic E-state index is 10.0. The van der Waals surface area contributed by atoms with Crippen LogP contribution < -0.4 is 0 Å². The molecule has 3 nitrogen and oxygen atoms in total. The third kappa shape index (κ3) is 4.67. The molecule has 1 atom stereocenters. The van der Waals surface area contributed by atoms with Crippen molar-refractivity contribution >= 4 is 20.6 Å². The van der Waals surface area contributed by atoms with E-state index in [2.05, 4.69) is 3.07 Å². The molecule has 0 aromatic rings. The first-order valence-corrected chi connectivity index (χ1v) is 6.17. The van der Waals surface area contributed by atoms with Crippen molar-refractivity contribution in [1.29, 1.82) is 0 Å². The molecule has 0 aliphatic heterocycles. The summed E-state index contributed by atoms with van der Waals surface area (Å²) in [6.45, 7) is 3.70. The van der Waals surface area contributed by atoms with Gasteiger partial charge in [-0.25, -0.2) is 0 Å². The Morgan fingerprint density at radius 3 is 2.50 bits per heavy atom. The molecule has 0 aliphatic carbocycles. The average molecular weight is 225 g/mol. The summed E-state index contributed by atoms with van der Waals surface area (Å²) >= 11 is -3.46. The average Bonchev–Trinajstić information content (AvgIpc) is 1.65. The van der Waals surface area contributed by atoms with E-state index in [4.69, 9.17) is 3.44 Å². The molecule has 0 bridgehead atoms. The van der Waals surface area contributed by atoms with Crippen LogP contribution in [0.15, 0.2) is 0 Å². The van der Waals surface area contributed by atoms with Crippen LogP contribution in [0.3, 0.4) is 0 Å². The fourth-order valence-electron chi connectivity index (χ4n) is 0.255. The van der Waals surface area contributed by atoms with Gasteiger partial charge in [-0.2, -0.15) is 0 Å². The molecule has 0 saturated carbocycles. The van der Waals surface area contributed by atoms with E-state index in [1.807, 2.05) is 6.92 Å². The number of rotatable bonds is 3. The second-order valence-electron chi connectivity index (χ2n) is 1.60. The van der Waals surface area contributed by atoms with Crippen LogP contribution in [0.2, 0.25) is 0 Å². The minimum absolute atomic E-state index is 0.0492. The summed E-state index contributed by atoms with van der Waals surface area (Å²) in [5, 5.41) is 0. The monoisotopic (exact) mass is 226 g/mol. The van der Waals surface area contributed by atoms with Gasteiger partial charge >= 0.3 is 56.5 Å². The Labute approximate surface area is 56.9 Å². The van der Waals surface area contributed by atoms with E-state index in [1.165, 1.54) is 0 Å². The van der Waals surface area contributed by atoms with Crippen LogP contribution >= 0.6 is 0 Å². The Balaban J connectivity index is 3.24. The van der Waals surface area contributed by atoms with Crippen molar-refractivity contribution in [3.8, 4) is 0 Å². The zero-order chi connectivity index (χ0) is 6.57. The summed E-state index contributed by atoms with van der Waals surface area (Å²) in [5.74, 6) is 0. The summed E-state index contributed by atoms with van der Waals surface area (Å²) < 4.78 is 22.9. The van der Waals surface area contributed by atoms with E-state index in [0.717, 1.165) is 6.42 Å². The molecular formula is C4H10O3Sn. The van der Waals surface area contributed by atoms with Gasteiger partial charge in [-0.15, -0.1) is 0 Å². The molecule has 0 rings (SSSR count). The molecule has 0 aromatic heterocycles. The summed E-state index contributed by atoms with van der Waals surface area (Å²) in [6.07, 6.45) is 0.749. The van der Waals surface area contributed by atoms with Gasteiger partial charge in [0.1, 0.15) is 0 Å². The molecule has 0 radical (unpaired) electrons. The van der Waals surface area contributed by atoms with Crippen LogP contribution in [0.5, 0.6) is 0 Å². The Morgan fingerprint density at radius 1 is 1.88 bits per heavy atom. The normalized spacial score (nSPS) is 13.4. The van der Waals surface area contributed by atoms with Crippen molar-refractivity contribution in [3.05, 3.63) is 0 Å². The van der Waals surface area contributed by atoms with Gasteiger partial charge in [-0.1, -0.05) is 0 Å². The van der Waals surface area contributed by atoms with Crippen molar-refractivity contribution in [2.24, 2.45) is 0 Å². The van der Waals surface area contributed by atoms with Gasteiger partial charge in [0.05, 0.1) is 0 Å². The predicted octanol–water partition coefficient (Wildman–Crippen LogP) is 0.209.